The van der Waals surface area contributed by atoms with Crippen LogP contribution >= 0.6 is 0 Å². The molecular formula is C15H27N5O3S. The van der Waals surface area contributed by atoms with E-state index in [-0.39, 0.29) is 4.90 Å². The zero-order chi connectivity index (χ0) is 17.2. The highest BCUT2D eigenvalue weighted by Gasteiger charge is 2.36. The molecule has 9 heteroatoms. The van der Waals surface area contributed by atoms with E-state index in [2.05, 4.69) is 27.0 Å². The van der Waals surface area contributed by atoms with Crippen molar-refractivity contribution in [1.82, 2.24) is 24.3 Å². The Bertz CT molecular complexity index is 628. The molecule has 136 valence electrons. The number of aromatic amines is 1. The van der Waals surface area contributed by atoms with Crippen molar-refractivity contribution >= 4 is 10.0 Å². The molecule has 2 aliphatic heterocycles. The second-order valence-corrected chi connectivity index (χ2v) is 8.93. The van der Waals surface area contributed by atoms with E-state index in [1.807, 2.05) is 0 Å². The van der Waals surface area contributed by atoms with Crippen molar-refractivity contribution in [2.45, 2.75) is 29.8 Å². The van der Waals surface area contributed by atoms with Gasteiger partial charge in [-0.15, -0.1) is 0 Å². The number of hydrogen-bond donors (Lipinski definition) is 2. The van der Waals surface area contributed by atoms with Crippen LogP contribution in [-0.4, -0.2) is 96.3 Å². The molecular weight excluding hydrogens is 330 g/mol. The number of likely N-dealkylation sites (N-methyl/N-ethyl adjacent to an activating group) is 1. The lowest BCUT2D eigenvalue weighted by atomic mass is 9.94. The van der Waals surface area contributed by atoms with E-state index in [9.17, 15) is 13.5 Å². The van der Waals surface area contributed by atoms with Gasteiger partial charge in [-0.1, -0.05) is 0 Å². The van der Waals surface area contributed by atoms with Crippen LogP contribution in [0.1, 0.15) is 19.3 Å². The van der Waals surface area contributed by atoms with Gasteiger partial charge in [0.15, 0.2) is 0 Å². The summed E-state index contributed by atoms with van der Waals surface area (Å²) in [5, 5.41) is 17.3. The molecule has 0 spiro atoms. The first-order valence-corrected chi connectivity index (χ1v) is 9.95. The van der Waals surface area contributed by atoms with Crippen LogP contribution in [-0.2, 0) is 10.0 Å². The van der Waals surface area contributed by atoms with Gasteiger partial charge in [0.05, 0.1) is 11.8 Å². The minimum absolute atomic E-state index is 0.187. The molecule has 0 aliphatic carbocycles. The van der Waals surface area contributed by atoms with Gasteiger partial charge in [-0.05, 0) is 26.3 Å². The smallest absolute Gasteiger partial charge is 0.246 e. The topological polar surface area (TPSA) is 92.8 Å². The average molecular weight is 357 g/mol. The van der Waals surface area contributed by atoms with Gasteiger partial charge >= 0.3 is 0 Å². The maximum absolute atomic E-state index is 12.6. The normalized spacial score (nSPS) is 28.8. The number of aromatic nitrogens is 2. The predicted molar refractivity (Wildman–Crippen MR) is 90.1 cm³/mol. The fourth-order valence-electron chi connectivity index (χ4n) is 3.50. The van der Waals surface area contributed by atoms with Crippen molar-refractivity contribution in [2.75, 3.05) is 52.9 Å². The summed E-state index contributed by atoms with van der Waals surface area (Å²) in [5.41, 5.74) is -0.809. The summed E-state index contributed by atoms with van der Waals surface area (Å²) in [4.78, 5) is 4.76. The van der Waals surface area contributed by atoms with Crippen LogP contribution < -0.4 is 0 Å². The minimum atomic E-state index is -3.52. The van der Waals surface area contributed by atoms with E-state index < -0.39 is 15.6 Å². The summed E-state index contributed by atoms with van der Waals surface area (Å²) in [6.45, 7) is 5.34. The number of H-pyrrole nitrogens is 1. The molecule has 0 bridgehead atoms. The molecule has 3 rings (SSSR count). The zero-order valence-electron chi connectivity index (χ0n) is 14.2. The zero-order valence-corrected chi connectivity index (χ0v) is 15.0. The Morgan fingerprint density at radius 3 is 2.62 bits per heavy atom. The molecule has 0 unspecified atom stereocenters. The maximum atomic E-state index is 12.6. The van der Waals surface area contributed by atoms with Gasteiger partial charge in [0.1, 0.15) is 4.90 Å². The molecule has 2 aliphatic rings. The maximum Gasteiger partial charge on any atom is 0.246 e. The molecule has 1 aromatic heterocycles. The lowest BCUT2D eigenvalue weighted by Crippen LogP contribution is -2.51. The Labute approximate surface area is 143 Å². The number of nitrogens with zero attached hydrogens (tertiary/aromatic N) is 4. The minimum Gasteiger partial charge on any atom is -0.389 e. The van der Waals surface area contributed by atoms with Gasteiger partial charge in [0.25, 0.3) is 0 Å². The predicted octanol–water partition coefficient (Wildman–Crippen LogP) is -0.437. The molecule has 2 saturated heterocycles. The van der Waals surface area contributed by atoms with Crippen molar-refractivity contribution in [1.29, 1.82) is 0 Å². The second-order valence-electron chi connectivity index (χ2n) is 7.00. The van der Waals surface area contributed by atoms with Crippen molar-refractivity contribution in [2.24, 2.45) is 0 Å². The van der Waals surface area contributed by atoms with Gasteiger partial charge in [-0.3, -0.25) is 10.00 Å². The van der Waals surface area contributed by atoms with Gasteiger partial charge in [0.2, 0.25) is 10.0 Å². The van der Waals surface area contributed by atoms with Gasteiger partial charge in [-0.2, -0.15) is 9.40 Å². The first kappa shape index (κ1) is 17.8. The third-order valence-electron chi connectivity index (χ3n) is 5.10. The molecule has 0 amide bonds. The quantitative estimate of drug-likeness (QED) is 0.759. The third-order valence-corrected chi connectivity index (χ3v) is 6.96. The van der Waals surface area contributed by atoms with Crippen LogP contribution in [0.2, 0.25) is 0 Å². The molecule has 0 radical (unpaired) electrons. The molecule has 24 heavy (non-hydrogen) atoms. The van der Waals surface area contributed by atoms with Gasteiger partial charge < -0.3 is 10.0 Å². The Hall–Kier alpha value is -1.00. The van der Waals surface area contributed by atoms with E-state index >= 15 is 0 Å². The summed E-state index contributed by atoms with van der Waals surface area (Å²) in [6, 6.07) is 0. The molecule has 1 atom stereocenters. The average Bonchev–Trinajstić information content (AvgIpc) is 3.01. The molecule has 2 N–H and O–H groups in total. The second kappa shape index (κ2) is 7.09. The SMILES string of the molecule is CN1CCN(C[C@]2(O)CCCN(S(=O)(=O)c3cn[nH]c3)CC2)CC1. The first-order valence-electron chi connectivity index (χ1n) is 8.51. The number of nitrogens with one attached hydrogen (secondary N) is 1. The lowest BCUT2D eigenvalue weighted by molar-refractivity contribution is -0.0173. The Morgan fingerprint density at radius 1 is 1.21 bits per heavy atom. The van der Waals surface area contributed by atoms with Crippen LogP contribution in [0.4, 0.5) is 0 Å². The standard InChI is InChI=1S/C15H27N5O3S/c1-18-7-9-19(10-8-18)13-15(21)3-2-5-20(6-4-15)24(22,23)14-11-16-17-12-14/h11-12,21H,2-10,13H2,1H3,(H,16,17)/t15-/m0/s1. The molecule has 1 aromatic rings. The van der Waals surface area contributed by atoms with Crippen LogP contribution in [0.3, 0.4) is 0 Å². The van der Waals surface area contributed by atoms with Gasteiger partial charge in [-0.25, -0.2) is 8.42 Å². The van der Waals surface area contributed by atoms with Crippen LogP contribution in [0.15, 0.2) is 17.3 Å². The summed E-state index contributed by atoms with van der Waals surface area (Å²) >= 11 is 0. The fourth-order valence-corrected chi connectivity index (χ4v) is 4.89. The summed E-state index contributed by atoms with van der Waals surface area (Å²) < 4.78 is 26.7. The van der Waals surface area contributed by atoms with Crippen molar-refractivity contribution in [3.63, 3.8) is 0 Å². The first-order chi connectivity index (χ1) is 11.4. The number of rotatable bonds is 4. The highest BCUT2D eigenvalue weighted by atomic mass is 32.2. The van der Waals surface area contributed by atoms with E-state index in [1.165, 1.54) is 16.7 Å². The van der Waals surface area contributed by atoms with E-state index in [1.54, 1.807) is 0 Å². The van der Waals surface area contributed by atoms with Crippen molar-refractivity contribution in [3.8, 4) is 0 Å². The number of aliphatic hydroxyl groups is 1. The number of hydrogen-bond acceptors (Lipinski definition) is 6. The summed E-state index contributed by atoms with van der Waals surface area (Å²) in [6.07, 6.45) is 4.50. The highest BCUT2D eigenvalue weighted by molar-refractivity contribution is 7.89. The Kier molecular flexibility index (Phi) is 5.26. The van der Waals surface area contributed by atoms with Crippen LogP contribution in [0, 0.1) is 0 Å². The van der Waals surface area contributed by atoms with Crippen LogP contribution in [0.5, 0.6) is 0 Å². The molecule has 0 saturated carbocycles. The van der Waals surface area contributed by atoms with E-state index in [0.717, 1.165) is 26.2 Å². The lowest BCUT2D eigenvalue weighted by Gasteiger charge is -2.38. The van der Waals surface area contributed by atoms with Crippen molar-refractivity contribution < 1.29 is 13.5 Å². The Morgan fingerprint density at radius 2 is 1.96 bits per heavy atom. The number of piperazine rings is 1. The molecule has 8 nitrogen and oxygen atoms in total. The number of β-amino-alcohol motifs (C(OH)–C–C–N with tert-alkyl or cyclic N) is 1. The van der Waals surface area contributed by atoms with Crippen LogP contribution in [0.25, 0.3) is 0 Å². The fraction of sp³-hybridized carbons (Fsp3) is 0.800. The Balaban J connectivity index is 1.62. The summed E-state index contributed by atoms with van der Waals surface area (Å²) in [5.74, 6) is 0. The molecule has 0 aromatic carbocycles. The van der Waals surface area contributed by atoms with Crippen molar-refractivity contribution in [3.05, 3.63) is 12.4 Å². The number of sulfonamides is 1. The highest BCUT2D eigenvalue weighted by Crippen LogP contribution is 2.27. The monoisotopic (exact) mass is 357 g/mol. The third kappa shape index (κ3) is 3.97. The largest absolute Gasteiger partial charge is 0.389 e. The van der Waals surface area contributed by atoms with Gasteiger partial charge in [0, 0.05) is 52.0 Å². The molecule has 2 fully saturated rings. The van der Waals surface area contributed by atoms with E-state index in [4.69, 9.17) is 0 Å². The van der Waals surface area contributed by atoms with E-state index in [0.29, 0.717) is 38.9 Å². The summed E-state index contributed by atoms with van der Waals surface area (Å²) in [7, 11) is -1.42. The molecule has 3 heterocycles.